The molecule has 2 atom stereocenters. The molecule has 0 aliphatic rings. The van der Waals surface area contributed by atoms with Crippen molar-refractivity contribution in [3.05, 3.63) is 61.2 Å². The third-order valence-electron chi connectivity index (χ3n) is 3.83. The van der Waals surface area contributed by atoms with Gasteiger partial charge in [-0.25, -0.2) is 4.79 Å². The van der Waals surface area contributed by atoms with E-state index in [2.05, 4.69) is 23.8 Å². The Morgan fingerprint density at radius 2 is 1.61 bits per heavy atom. The van der Waals surface area contributed by atoms with Crippen molar-refractivity contribution in [2.75, 3.05) is 19.8 Å². The van der Waals surface area contributed by atoms with Crippen LogP contribution >= 0.6 is 0 Å². The minimum Gasteiger partial charge on any atom is -0.461 e. The number of halogens is 3. The summed E-state index contributed by atoms with van der Waals surface area (Å²) < 4.78 is 47.8. The summed E-state index contributed by atoms with van der Waals surface area (Å²) in [6, 6.07) is 5.62. The van der Waals surface area contributed by atoms with Gasteiger partial charge in [-0.3, -0.25) is 14.9 Å². The first-order valence-electron chi connectivity index (χ1n) is 9.34. The molecule has 2 N–H and O–H groups in total. The Hall–Kier alpha value is -3.14. The maximum Gasteiger partial charge on any atom is 0.401 e. The molecule has 0 heterocycles. The first kappa shape index (κ1) is 25.9. The average molecular weight is 442 g/mol. The van der Waals surface area contributed by atoms with Gasteiger partial charge in [0, 0.05) is 0 Å². The molecule has 1 rings (SSSR count). The second-order valence-electron chi connectivity index (χ2n) is 6.39. The summed E-state index contributed by atoms with van der Waals surface area (Å²) in [5.41, 5.74) is 0.605. The molecular formula is C21H25F3N2O5. The molecule has 0 aromatic heterocycles. The SMILES string of the molecule is C=CCOC(=O)CC(NC(=O)C(Cc1ccccc1)NCC(F)(F)F)C(=O)OCC=C. The molecule has 0 fully saturated rings. The predicted octanol–water partition coefficient (Wildman–Crippen LogP) is 2.08. The summed E-state index contributed by atoms with van der Waals surface area (Å²) >= 11 is 0. The molecule has 7 nitrogen and oxygen atoms in total. The molecule has 10 heteroatoms. The molecule has 170 valence electrons. The Labute approximate surface area is 178 Å². The summed E-state index contributed by atoms with van der Waals surface area (Å²) in [5.74, 6) is -2.66. The van der Waals surface area contributed by atoms with Gasteiger partial charge in [-0.1, -0.05) is 55.6 Å². The van der Waals surface area contributed by atoms with Gasteiger partial charge in [0.1, 0.15) is 19.3 Å². The molecule has 1 aromatic carbocycles. The van der Waals surface area contributed by atoms with Gasteiger partial charge in [-0.2, -0.15) is 13.2 Å². The Bertz CT molecular complexity index is 753. The van der Waals surface area contributed by atoms with Crippen LogP contribution < -0.4 is 10.6 Å². The smallest absolute Gasteiger partial charge is 0.401 e. The maximum absolute atomic E-state index is 12.7. The number of hydrogen-bond acceptors (Lipinski definition) is 6. The van der Waals surface area contributed by atoms with Crippen molar-refractivity contribution < 1.29 is 37.0 Å². The summed E-state index contributed by atoms with van der Waals surface area (Å²) in [7, 11) is 0. The third kappa shape index (κ3) is 11.0. The molecule has 0 saturated carbocycles. The summed E-state index contributed by atoms with van der Waals surface area (Å²) in [6.45, 7) is 5.09. The maximum atomic E-state index is 12.7. The third-order valence-corrected chi connectivity index (χ3v) is 3.83. The molecule has 0 radical (unpaired) electrons. The van der Waals surface area contributed by atoms with E-state index in [1.165, 1.54) is 12.2 Å². The zero-order valence-electron chi connectivity index (χ0n) is 16.8. The minimum absolute atomic E-state index is 0.0713. The van der Waals surface area contributed by atoms with Crippen LogP contribution in [0.25, 0.3) is 0 Å². The fourth-order valence-electron chi connectivity index (χ4n) is 2.43. The normalized spacial score (nSPS) is 12.9. The number of carbonyl (C=O) groups is 3. The number of benzene rings is 1. The monoisotopic (exact) mass is 442 g/mol. The van der Waals surface area contributed by atoms with Crippen LogP contribution in [0.4, 0.5) is 13.2 Å². The van der Waals surface area contributed by atoms with Crippen LogP contribution in [0.3, 0.4) is 0 Å². The Morgan fingerprint density at radius 3 is 2.19 bits per heavy atom. The average Bonchev–Trinajstić information content (AvgIpc) is 2.72. The van der Waals surface area contributed by atoms with E-state index in [4.69, 9.17) is 9.47 Å². The zero-order chi connectivity index (χ0) is 23.3. The number of carbonyl (C=O) groups excluding carboxylic acids is 3. The van der Waals surface area contributed by atoms with Crippen LogP contribution in [-0.2, 0) is 30.3 Å². The number of alkyl halides is 3. The lowest BCUT2D eigenvalue weighted by atomic mass is 10.0. The van der Waals surface area contributed by atoms with Crippen molar-refractivity contribution in [3.8, 4) is 0 Å². The van der Waals surface area contributed by atoms with E-state index in [1.54, 1.807) is 30.3 Å². The van der Waals surface area contributed by atoms with E-state index in [9.17, 15) is 27.6 Å². The molecule has 0 spiro atoms. The van der Waals surface area contributed by atoms with Crippen molar-refractivity contribution in [2.24, 2.45) is 0 Å². The van der Waals surface area contributed by atoms with Crippen molar-refractivity contribution in [1.82, 2.24) is 10.6 Å². The van der Waals surface area contributed by atoms with Crippen LogP contribution in [0.5, 0.6) is 0 Å². The van der Waals surface area contributed by atoms with Gasteiger partial charge in [0.25, 0.3) is 0 Å². The van der Waals surface area contributed by atoms with Crippen LogP contribution in [0.15, 0.2) is 55.6 Å². The second kappa shape index (κ2) is 13.2. The lowest BCUT2D eigenvalue weighted by Gasteiger charge is -2.23. The highest BCUT2D eigenvalue weighted by Gasteiger charge is 2.33. The highest BCUT2D eigenvalue weighted by atomic mass is 19.4. The number of amides is 1. The first-order valence-corrected chi connectivity index (χ1v) is 9.34. The predicted molar refractivity (Wildman–Crippen MR) is 107 cm³/mol. The number of esters is 2. The van der Waals surface area contributed by atoms with E-state index in [-0.39, 0.29) is 19.6 Å². The fourth-order valence-corrected chi connectivity index (χ4v) is 2.43. The Balaban J connectivity index is 2.96. The van der Waals surface area contributed by atoms with E-state index in [0.29, 0.717) is 5.56 Å². The Morgan fingerprint density at radius 1 is 1.00 bits per heavy atom. The van der Waals surface area contributed by atoms with Gasteiger partial charge < -0.3 is 14.8 Å². The highest BCUT2D eigenvalue weighted by molar-refractivity contribution is 5.90. The summed E-state index contributed by atoms with van der Waals surface area (Å²) in [5, 5.41) is 4.43. The van der Waals surface area contributed by atoms with Gasteiger partial charge in [-0.15, -0.1) is 0 Å². The van der Waals surface area contributed by atoms with E-state index in [0.717, 1.165) is 0 Å². The van der Waals surface area contributed by atoms with Crippen molar-refractivity contribution >= 4 is 17.8 Å². The fraction of sp³-hybridized carbons (Fsp3) is 0.381. The van der Waals surface area contributed by atoms with E-state index < -0.39 is 49.1 Å². The number of nitrogens with one attached hydrogen (secondary N) is 2. The lowest BCUT2D eigenvalue weighted by molar-refractivity contribution is -0.152. The van der Waals surface area contributed by atoms with Gasteiger partial charge >= 0.3 is 18.1 Å². The van der Waals surface area contributed by atoms with Gasteiger partial charge in [0.05, 0.1) is 19.0 Å². The molecule has 2 unspecified atom stereocenters. The van der Waals surface area contributed by atoms with Crippen molar-refractivity contribution in [2.45, 2.75) is 31.1 Å². The topological polar surface area (TPSA) is 93.7 Å². The molecule has 1 amide bonds. The standard InChI is InChI=1S/C21H25F3N2O5/c1-3-10-30-18(27)13-17(20(29)31-11-4-2)26-19(28)16(25-14-21(22,23)24)12-15-8-6-5-7-9-15/h3-9,16-17,25H,1-2,10-14H2,(H,26,28). The van der Waals surface area contributed by atoms with Crippen molar-refractivity contribution in [3.63, 3.8) is 0 Å². The summed E-state index contributed by atoms with van der Waals surface area (Å²) in [4.78, 5) is 36.8. The molecule has 0 bridgehead atoms. The molecular weight excluding hydrogens is 417 g/mol. The Kier molecular flexibility index (Phi) is 11.0. The van der Waals surface area contributed by atoms with Crippen LogP contribution in [0, 0.1) is 0 Å². The number of hydrogen-bond donors (Lipinski definition) is 2. The molecule has 0 aliphatic carbocycles. The van der Waals surface area contributed by atoms with Gasteiger partial charge in [0.2, 0.25) is 5.91 Å². The highest BCUT2D eigenvalue weighted by Crippen LogP contribution is 2.14. The van der Waals surface area contributed by atoms with Crippen LogP contribution in [-0.4, -0.2) is 55.9 Å². The molecule has 31 heavy (non-hydrogen) atoms. The quantitative estimate of drug-likeness (QED) is 0.359. The molecule has 1 aromatic rings. The minimum atomic E-state index is -4.55. The van der Waals surface area contributed by atoms with Crippen LogP contribution in [0.1, 0.15) is 12.0 Å². The number of rotatable bonds is 13. The zero-order valence-corrected chi connectivity index (χ0v) is 16.8. The molecule has 0 aliphatic heterocycles. The second-order valence-corrected chi connectivity index (χ2v) is 6.39. The van der Waals surface area contributed by atoms with Crippen molar-refractivity contribution in [1.29, 1.82) is 0 Å². The largest absolute Gasteiger partial charge is 0.461 e. The van der Waals surface area contributed by atoms with Gasteiger partial charge in [0.15, 0.2) is 0 Å². The number of ether oxygens (including phenoxy) is 2. The summed E-state index contributed by atoms with van der Waals surface area (Å²) in [6.07, 6.45) is -2.58. The lowest BCUT2D eigenvalue weighted by Crippen LogP contribution is -2.53. The van der Waals surface area contributed by atoms with E-state index >= 15 is 0 Å². The van der Waals surface area contributed by atoms with E-state index in [1.807, 2.05) is 0 Å². The first-order chi connectivity index (χ1) is 14.7. The molecule has 0 saturated heterocycles. The van der Waals surface area contributed by atoms with Gasteiger partial charge in [-0.05, 0) is 12.0 Å². The van der Waals surface area contributed by atoms with Crippen LogP contribution in [0.2, 0.25) is 0 Å².